The van der Waals surface area contributed by atoms with Crippen LogP contribution in [0.1, 0.15) is 50.7 Å². The van der Waals surface area contributed by atoms with E-state index in [1.807, 2.05) is 12.1 Å². The lowest BCUT2D eigenvalue weighted by atomic mass is 9.67. The van der Waals surface area contributed by atoms with Gasteiger partial charge in [0.15, 0.2) is 0 Å². The molecule has 1 aliphatic heterocycles. The van der Waals surface area contributed by atoms with Crippen LogP contribution >= 0.6 is 0 Å². The molecule has 0 radical (unpaired) electrons. The number of rotatable bonds is 3. The Hall–Kier alpha value is -1.64. The summed E-state index contributed by atoms with van der Waals surface area (Å²) in [4.78, 5) is 0. The Morgan fingerprint density at radius 3 is 1.92 bits per heavy atom. The molecule has 2 aromatic rings. The Morgan fingerprint density at radius 2 is 1.46 bits per heavy atom. The van der Waals surface area contributed by atoms with Crippen molar-refractivity contribution in [2.45, 2.75) is 51.2 Å². The third kappa shape index (κ3) is 3.55. The van der Waals surface area contributed by atoms with Gasteiger partial charge in [0.25, 0.3) is 0 Å². The minimum Gasteiger partial charge on any atom is -0.389 e. The Labute approximate surface area is 145 Å². The Morgan fingerprint density at radius 1 is 0.958 bits per heavy atom. The summed E-state index contributed by atoms with van der Waals surface area (Å²) in [5, 5.41) is 15.3. The van der Waals surface area contributed by atoms with E-state index in [1.165, 1.54) is 11.1 Å². The molecular weight excluding hydrogens is 294 g/mol. The third-order valence-corrected chi connectivity index (χ3v) is 5.35. The highest BCUT2D eigenvalue weighted by Crippen LogP contribution is 2.43. The predicted octanol–water partition coefficient (Wildman–Crippen LogP) is 4.35. The van der Waals surface area contributed by atoms with E-state index in [0.29, 0.717) is 6.04 Å². The molecule has 2 N–H and O–H groups in total. The van der Waals surface area contributed by atoms with Gasteiger partial charge in [-0.3, -0.25) is 0 Å². The standard InChI is InChI=1S/C22H29NO/c1-21(2,3)19-16-22(24,14-15-23-19)20(17-10-6-4-7-11-17)18-12-8-5-9-13-18/h4-13,19-20,23-24H,14-16H2,1-3H3. The summed E-state index contributed by atoms with van der Waals surface area (Å²) < 4.78 is 0. The lowest BCUT2D eigenvalue weighted by molar-refractivity contribution is -0.0337. The van der Waals surface area contributed by atoms with Gasteiger partial charge in [0, 0.05) is 12.0 Å². The molecular formula is C22H29NO. The van der Waals surface area contributed by atoms with Gasteiger partial charge < -0.3 is 10.4 Å². The van der Waals surface area contributed by atoms with E-state index in [-0.39, 0.29) is 11.3 Å². The normalized spacial score (nSPS) is 25.0. The van der Waals surface area contributed by atoms with Crippen molar-refractivity contribution in [1.29, 1.82) is 0 Å². The minimum atomic E-state index is -0.730. The van der Waals surface area contributed by atoms with Gasteiger partial charge in [0.05, 0.1) is 5.60 Å². The minimum absolute atomic E-state index is 0.00634. The summed E-state index contributed by atoms with van der Waals surface area (Å²) in [6.07, 6.45) is 1.54. The summed E-state index contributed by atoms with van der Waals surface area (Å²) >= 11 is 0. The van der Waals surface area contributed by atoms with E-state index in [9.17, 15) is 5.11 Å². The van der Waals surface area contributed by atoms with Crippen LogP contribution in [0.2, 0.25) is 0 Å². The van der Waals surface area contributed by atoms with Crippen LogP contribution in [0.15, 0.2) is 60.7 Å². The maximum Gasteiger partial charge on any atom is 0.0783 e. The number of benzene rings is 2. The molecule has 1 fully saturated rings. The second kappa shape index (κ2) is 6.70. The van der Waals surface area contributed by atoms with Crippen LogP contribution in [0, 0.1) is 5.41 Å². The van der Waals surface area contributed by atoms with E-state index in [1.54, 1.807) is 0 Å². The van der Waals surface area contributed by atoms with Crippen LogP contribution < -0.4 is 5.32 Å². The van der Waals surface area contributed by atoms with Crippen LogP contribution in [0.4, 0.5) is 0 Å². The monoisotopic (exact) mass is 323 g/mol. The van der Waals surface area contributed by atoms with Crippen molar-refractivity contribution in [2.75, 3.05) is 6.54 Å². The Kier molecular flexibility index (Phi) is 4.80. The molecule has 0 bridgehead atoms. The average molecular weight is 323 g/mol. The van der Waals surface area contributed by atoms with Crippen molar-refractivity contribution < 1.29 is 5.11 Å². The van der Waals surface area contributed by atoms with Gasteiger partial charge in [0.1, 0.15) is 0 Å². The Balaban J connectivity index is 2.02. The van der Waals surface area contributed by atoms with Crippen LogP contribution in [-0.2, 0) is 0 Å². The number of nitrogens with one attached hydrogen (secondary N) is 1. The molecule has 2 aromatic carbocycles. The smallest absolute Gasteiger partial charge is 0.0783 e. The van der Waals surface area contributed by atoms with Crippen molar-refractivity contribution in [1.82, 2.24) is 5.32 Å². The first-order valence-corrected chi connectivity index (χ1v) is 8.96. The molecule has 2 nitrogen and oxygen atoms in total. The summed E-state index contributed by atoms with van der Waals surface area (Å²) in [5.74, 6) is 0.00634. The van der Waals surface area contributed by atoms with Crippen molar-refractivity contribution in [3.8, 4) is 0 Å². The summed E-state index contributed by atoms with van der Waals surface area (Å²) in [6.45, 7) is 7.60. The summed E-state index contributed by atoms with van der Waals surface area (Å²) in [5.41, 5.74) is 1.79. The number of hydrogen-bond donors (Lipinski definition) is 2. The Bertz CT molecular complexity index is 607. The third-order valence-electron chi connectivity index (χ3n) is 5.35. The van der Waals surface area contributed by atoms with Crippen molar-refractivity contribution in [3.63, 3.8) is 0 Å². The number of piperidine rings is 1. The lowest BCUT2D eigenvalue weighted by Gasteiger charge is -2.47. The molecule has 0 amide bonds. The average Bonchev–Trinajstić information content (AvgIpc) is 2.56. The molecule has 3 rings (SSSR count). The fourth-order valence-corrected chi connectivity index (χ4v) is 3.97. The molecule has 1 heterocycles. The number of hydrogen-bond acceptors (Lipinski definition) is 2. The first-order chi connectivity index (χ1) is 11.4. The van der Waals surface area contributed by atoms with Crippen molar-refractivity contribution in [2.24, 2.45) is 5.41 Å². The molecule has 0 aromatic heterocycles. The highest BCUT2D eigenvalue weighted by Gasteiger charge is 2.45. The van der Waals surface area contributed by atoms with Crippen LogP contribution in [0.25, 0.3) is 0 Å². The zero-order valence-electron chi connectivity index (χ0n) is 15.0. The van der Waals surface area contributed by atoms with Gasteiger partial charge in [-0.15, -0.1) is 0 Å². The molecule has 1 aliphatic rings. The first-order valence-electron chi connectivity index (χ1n) is 8.96. The van der Waals surface area contributed by atoms with Gasteiger partial charge in [-0.1, -0.05) is 81.4 Å². The highest BCUT2D eigenvalue weighted by atomic mass is 16.3. The van der Waals surface area contributed by atoms with E-state index >= 15 is 0 Å². The second-order valence-electron chi connectivity index (χ2n) is 8.18. The van der Waals surface area contributed by atoms with E-state index in [4.69, 9.17) is 0 Å². The molecule has 0 saturated carbocycles. The first kappa shape index (κ1) is 17.2. The van der Waals surface area contributed by atoms with Gasteiger partial charge in [-0.05, 0) is 35.9 Å². The fraction of sp³-hybridized carbons (Fsp3) is 0.455. The zero-order chi connectivity index (χ0) is 17.2. The molecule has 2 atom stereocenters. The highest BCUT2D eigenvalue weighted by molar-refractivity contribution is 5.36. The maximum atomic E-state index is 11.7. The maximum absolute atomic E-state index is 11.7. The van der Waals surface area contributed by atoms with Crippen LogP contribution in [-0.4, -0.2) is 23.3 Å². The summed E-state index contributed by atoms with van der Waals surface area (Å²) in [7, 11) is 0. The lowest BCUT2D eigenvalue weighted by Crippen LogP contribution is -2.55. The van der Waals surface area contributed by atoms with E-state index in [2.05, 4.69) is 74.6 Å². The van der Waals surface area contributed by atoms with Crippen molar-refractivity contribution >= 4 is 0 Å². The topological polar surface area (TPSA) is 32.3 Å². The quantitative estimate of drug-likeness (QED) is 0.880. The molecule has 1 saturated heterocycles. The SMILES string of the molecule is CC(C)(C)C1CC(O)(C(c2ccccc2)c2ccccc2)CCN1. The second-order valence-corrected chi connectivity index (χ2v) is 8.18. The van der Waals surface area contributed by atoms with Gasteiger partial charge in [-0.2, -0.15) is 0 Å². The molecule has 24 heavy (non-hydrogen) atoms. The summed E-state index contributed by atoms with van der Waals surface area (Å²) in [6, 6.07) is 21.2. The van der Waals surface area contributed by atoms with Gasteiger partial charge in [-0.25, -0.2) is 0 Å². The molecule has 2 unspecified atom stereocenters. The van der Waals surface area contributed by atoms with Gasteiger partial charge >= 0.3 is 0 Å². The van der Waals surface area contributed by atoms with Crippen molar-refractivity contribution in [3.05, 3.63) is 71.8 Å². The molecule has 128 valence electrons. The van der Waals surface area contributed by atoms with Gasteiger partial charge in [0.2, 0.25) is 0 Å². The zero-order valence-corrected chi connectivity index (χ0v) is 15.0. The largest absolute Gasteiger partial charge is 0.389 e. The van der Waals surface area contributed by atoms with E-state index in [0.717, 1.165) is 19.4 Å². The predicted molar refractivity (Wildman–Crippen MR) is 100 cm³/mol. The molecule has 2 heteroatoms. The van der Waals surface area contributed by atoms with Crippen LogP contribution in [0.3, 0.4) is 0 Å². The number of aliphatic hydroxyl groups is 1. The fourth-order valence-electron chi connectivity index (χ4n) is 3.97. The van der Waals surface area contributed by atoms with E-state index < -0.39 is 5.60 Å². The molecule has 0 spiro atoms. The molecule has 0 aliphatic carbocycles. The van der Waals surface area contributed by atoms with Crippen LogP contribution in [0.5, 0.6) is 0 Å².